The summed E-state index contributed by atoms with van der Waals surface area (Å²) < 4.78 is 0. The van der Waals surface area contributed by atoms with E-state index in [0.717, 1.165) is 17.4 Å². The van der Waals surface area contributed by atoms with Crippen LogP contribution < -0.4 is 0 Å². The predicted molar refractivity (Wildman–Crippen MR) is 59.0 cm³/mol. The molecule has 0 aromatic heterocycles. The molecule has 0 aliphatic heterocycles. The summed E-state index contributed by atoms with van der Waals surface area (Å²) in [6.45, 7) is 0. The zero-order valence-corrected chi connectivity index (χ0v) is 7.68. The molecule has 0 amide bonds. The maximum absolute atomic E-state index is 10.6. The normalized spacial score (nSPS) is 20.0. The van der Waals surface area contributed by atoms with Gasteiger partial charge in [0.1, 0.15) is 6.29 Å². The molecule has 0 unspecified atom stereocenters. The monoisotopic (exact) mass is 182 g/mol. The Bertz CT molecular complexity index is 437. The van der Waals surface area contributed by atoms with Gasteiger partial charge in [-0.2, -0.15) is 0 Å². The van der Waals surface area contributed by atoms with E-state index in [1.54, 1.807) is 0 Å². The molecular formula is C13H10O. The Morgan fingerprint density at radius 3 is 2.29 bits per heavy atom. The van der Waals surface area contributed by atoms with E-state index in [2.05, 4.69) is 0 Å². The van der Waals surface area contributed by atoms with E-state index in [-0.39, 0.29) is 0 Å². The van der Waals surface area contributed by atoms with E-state index in [1.165, 1.54) is 0 Å². The highest BCUT2D eigenvalue weighted by molar-refractivity contribution is 5.79. The quantitative estimate of drug-likeness (QED) is 0.610. The van der Waals surface area contributed by atoms with Gasteiger partial charge in [0, 0.05) is 5.56 Å². The number of rotatable bonds is 1. The molecule has 0 fully saturated rings. The number of allylic oxidation sites excluding steroid dienone is 4. The van der Waals surface area contributed by atoms with Gasteiger partial charge in [-0.15, -0.1) is 0 Å². The van der Waals surface area contributed by atoms with Crippen LogP contribution >= 0.6 is 0 Å². The molecule has 0 atom stereocenters. The van der Waals surface area contributed by atoms with Crippen LogP contribution in [0, 0.1) is 0 Å². The molecule has 0 N–H and O–H groups in total. The average molecular weight is 182 g/mol. The van der Waals surface area contributed by atoms with Gasteiger partial charge in [-0.25, -0.2) is 0 Å². The van der Waals surface area contributed by atoms with Gasteiger partial charge in [0.15, 0.2) is 0 Å². The minimum absolute atomic E-state index is 0.714. The minimum atomic E-state index is 0.714. The van der Waals surface area contributed by atoms with Crippen LogP contribution in [0.5, 0.6) is 0 Å². The number of hydrogen-bond donors (Lipinski definition) is 0. The van der Waals surface area contributed by atoms with E-state index < -0.39 is 0 Å². The van der Waals surface area contributed by atoms with Crippen LogP contribution in [0.2, 0.25) is 0 Å². The molecule has 68 valence electrons. The van der Waals surface area contributed by atoms with Crippen molar-refractivity contribution in [3.8, 4) is 0 Å². The van der Waals surface area contributed by atoms with Gasteiger partial charge in [-0.05, 0) is 17.2 Å². The second kappa shape index (κ2) is 3.88. The molecule has 1 heteroatoms. The Balaban J connectivity index is 2.54. The molecule has 1 nitrogen and oxygen atoms in total. The number of carbonyl (C=O) groups excluding carboxylic acids is 1. The van der Waals surface area contributed by atoms with Crippen molar-refractivity contribution < 1.29 is 4.79 Å². The second-order valence-corrected chi connectivity index (χ2v) is 3.11. The topological polar surface area (TPSA) is 17.1 Å². The fraction of sp³-hybridized carbons (Fsp3) is 0. The summed E-state index contributed by atoms with van der Waals surface area (Å²) >= 11 is 0. The first-order valence-corrected chi connectivity index (χ1v) is 4.51. The van der Waals surface area contributed by atoms with Crippen LogP contribution in [-0.4, -0.2) is 6.29 Å². The summed E-state index contributed by atoms with van der Waals surface area (Å²) in [5.41, 5.74) is 2.93. The van der Waals surface area contributed by atoms with Crippen molar-refractivity contribution in [2.45, 2.75) is 0 Å². The second-order valence-electron chi connectivity index (χ2n) is 3.11. The average Bonchev–Trinajstić information content (AvgIpc) is 2.18. The Hall–Kier alpha value is -1.89. The zero-order valence-electron chi connectivity index (χ0n) is 7.68. The van der Waals surface area contributed by atoms with E-state index in [9.17, 15) is 4.79 Å². The van der Waals surface area contributed by atoms with Crippen molar-refractivity contribution in [1.29, 1.82) is 0 Å². The fourth-order valence-electron chi connectivity index (χ4n) is 1.41. The Morgan fingerprint density at radius 2 is 1.57 bits per heavy atom. The van der Waals surface area contributed by atoms with Crippen LogP contribution in [-0.2, 0) is 0 Å². The molecule has 1 aromatic rings. The first-order chi connectivity index (χ1) is 6.90. The third kappa shape index (κ3) is 1.72. The van der Waals surface area contributed by atoms with E-state index >= 15 is 0 Å². The first-order valence-electron chi connectivity index (χ1n) is 4.51. The SMILES string of the molecule is O=Cc1ccc2c(c1)\C=C/C=C\C=C/2. The van der Waals surface area contributed by atoms with Crippen LogP contribution in [0.1, 0.15) is 21.5 Å². The van der Waals surface area contributed by atoms with Gasteiger partial charge in [0.2, 0.25) is 0 Å². The molecular weight excluding hydrogens is 172 g/mol. The predicted octanol–water partition coefficient (Wildman–Crippen LogP) is 3.10. The number of hydrogen-bond acceptors (Lipinski definition) is 1. The number of benzene rings is 1. The van der Waals surface area contributed by atoms with E-state index in [0.29, 0.717) is 5.56 Å². The number of carbonyl (C=O) groups is 1. The molecule has 0 saturated carbocycles. The van der Waals surface area contributed by atoms with Crippen molar-refractivity contribution in [2.24, 2.45) is 0 Å². The summed E-state index contributed by atoms with van der Waals surface area (Å²) in [6.07, 6.45) is 12.8. The van der Waals surface area contributed by atoms with Crippen molar-refractivity contribution >= 4 is 18.4 Å². The number of aldehydes is 1. The molecule has 1 aliphatic carbocycles. The maximum atomic E-state index is 10.6. The Morgan fingerprint density at radius 1 is 0.857 bits per heavy atom. The van der Waals surface area contributed by atoms with Crippen molar-refractivity contribution in [1.82, 2.24) is 0 Å². The lowest BCUT2D eigenvalue weighted by Crippen LogP contribution is -1.86. The van der Waals surface area contributed by atoms with Crippen molar-refractivity contribution in [2.75, 3.05) is 0 Å². The largest absolute Gasteiger partial charge is 0.298 e. The summed E-state index contributed by atoms with van der Waals surface area (Å²) in [5, 5.41) is 0. The summed E-state index contributed by atoms with van der Waals surface area (Å²) in [5.74, 6) is 0. The molecule has 0 spiro atoms. The summed E-state index contributed by atoms with van der Waals surface area (Å²) in [4.78, 5) is 10.6. The lowest BCUT2D eigenvalue weighted by molar-refractivity contribution is 0.112. The Kier molecular flexibility index (Phi) is 2.41. The maximum Gasteiger partial charge on any atom is 0.150 e. The zero-order chi connectivity index (χ0) is 9.80. The third-order valence-electron chi connectivity index (χ3n) is 2.13. The molecule has 2 rings (SSSR count). The third-order valence-corrected chi connectivity index (χ3v) is 2.13. The molecule has 0 saturated heterocycles. The van der Waals surface area contributed by atoms with Crippen LogP contribution in [0.25, 0.3) is 12.2 Å². The summed E-state index contributed by atoms with van der Waals surface area (Å²) in [7, 11) is 0. The van der Waals surface area contributed by atoms with Crippen LogP contribution in [0.4, 0.5) is 0 Å². The fourth-order valence-corrected chi connectivity index (χ4v) is 1.41. The molecule has 1 aromatic carbocycles. The van der Waals surface area contributed by atoms with Gasteiger partial charge in [-0.1, -0.05) is 48.6 Å². The smallest absolute Gasteiger partial charge is 0.150 e. The molecule has 0 radical (unpaired) electrons. The highest BCUT2D eigenvalue weighted by Crippen LogP contribution is 2.16. The molecule has 1 aliphatic rings. The van der Waals surface area contributed by atoms with Crippen molar-refractivity contribution in [3.05, 3.63) is 59.2 Å². The van der Waals surface area contributed by atoms with Gasteiger partial charge in [-0.3, -0.25) is 4.79 Å². The molecule has 0 bridgehead atoms. The number of fused-ring (bicyclic) bond motifs is 1. The van der Waals surface area contributed by atoms with Gasteiger partial charge in [0.05, 0.1) is 0 Å². The minimum Gasteiger partial charge on any atom is -0.298 e. The highest BCUT2D eigenvalue weighted by atomic mass is 16.1. The Labute approximate surface area is 83.1 Å². The lowest BCUT2D eigenvalue weighted by atomic mass is 10.0. The van der Waals surface area contributed by atoms with Crippen LogP contribution in [0.15, 0.2) is 42.5 Å². The van der Waals surface area contributed by atoms with Gasteiger partial charge < -0.3 is 0 Å². The lowest BCUT2D eigenvalue weighted by Gasteiger charge is -2.02. The van der Waals surface area contributed by atoms with Crippen LogP contribution in [0.3, 0.4) is 0 Å². The van der Waals surface area contributed by atoms with E-state index in [4.69, 9.17) is 0 Å². The highest BCUT2D eigenvalue weighted by Gasteiger charge is 1.98. The van der Waals surface area contributed by atoms with Gasteiger partial charge >= 0.3 is 0 Å². The van der Waals surface area contributed by atoms with Crippen molar-refractivity contribution in [3.63, 3.8) is 0 Å². The van der Waals surface area contributed by atoms with E-state index in [1.807, 2.05) is 54.7 Å². The van der Waals surface area contributed by atoms with Gasteiger partial charge in [0.25, 0.3) is 0 Å². The standard InChI is InChI=1S/C13H10O/c14-10-11-7-8-12-5-3-1-2-4-6-13(12)9-11/h1-10H/b2-1-,3-1?,4-2?,5-3-,6-4-,12-5?,13-6?. The molecule has 0 heterocycles. The summed E-state index contributed by atoms with van der Waals surface area (Å²) in [6, 6.07) is 5.68. The first kappa shape index (κ1) is 8.70. The molecule has 14 heavy (non-hydrogen) atoms.